The number of amides is 2. The number of fused-ring (bicyclic) bond motifs is 1. The summed E-state index contributed by atoms with van der Waals surface area (Å²) in [7, 11) is 0. The molecule has 2 amide bonds. The Hall–Kier alpha value is -3.13. The van der Waals surface area contributed by atoms with Crippen molar-refractivity contribution in [3.63, 3.8) is 0 Å². The summed E-state index contributed by atoms with van der Waals surface area (Å²) in [4.78, 5) is 28.0. The minimum absolute atomic E-state index is 0.00390. The lowest BCUT2D eigenvalue weighted by atomic mass is 10.2. The summed E-state index contributed by atoms with van der Waals surface area (Å²) in [6.45, 7) is 6.24. The van der Waals surface area contributed by atoms with Gasteiger partial charge in [0.2, 0.25) is 5.91 Å². The number of halogens is 1. The highest BCUT2D eigenvalue weighted by molar-refractivity contribution is 6.29. The molecule has 3 aromatic rings. The van der Waals surface area contributed by atoms with Crippen LogP contribution in [0.5, 0.6) is 0 Å². The molecule has 8 nitrogen and oxygen atoms in total. The zero-order valence-corrected chi connectivity index (χ0v) is 17.8. The van der Waals surface area contributed by atoms with Crippen LogP contribution in [0, 0.1) is 0 Å². The molecule has 30 heavy (non-hydrogen) atoms. The molecule has 1 aliphatic rings. The van der Waals surface area contributed by atoms with Crippen molar-refractivity contribution in [1.29, 1.82) is 0 Å². The van der Waals surface area contributed by atoms with Gasteiger partial charge in [-0.15, -0.1) is 10.2 Å². The summed E-state index contributed by atoms with van der Waals surface area (Å²) < 4.78 is 7.32. The second kappa shape index (κ2) is 7.60. The van der Waals surface area contributed by atoms with Crippen LogP contribution >= 0.6 is 11.6 Å². The molecule has 0 N–H and O–H groups in total. The molecule has 0 aliphatic carbocycles. The summed E-state index contributed by atoms with van der Waals surface area (Å²) in [5, 5.41) is 8.26. The third kappa shape index (κ3) is 4.09. The third-order valence-corrected chi connectivity index (χ3v) is 4.91. The number of anilines is 1. The maximum Gasteiger partial charge on any atom is 0.410 e. The van der Waals surface area contributed by atoms with Crippen molar-refractivity contribution in [3.8, 4) is 5.69 Å². The molecule has 1 fully saturated rings. The molecular formula is C21H22ClN5O3. The molecule has 4 rings (SSSR count). The highest BCUT2D eigenvalue weighted by Gasteiger charge is 2.30. The van der Waals surface area contributed by atoms with Gasteiger partial charge < -0.3 is 14.2 Å². The first-order valence-corrected chi connectivity index (χ1v) is 9.98. The van der Waals surface area contributed by atoms with Gasteiger partial charge in [-0.1, -0.05) is 11.6 Å². The fourth-order valence-corrected chi connectivity index (χ4v) is 3.49. The van der Waals surface area contributed by atoms with Gasteiger partial charge in [0.1, 0.15) is 17.7 Å². The van der Waals surface area contributed by atoms with Gasteiger partial charge in [0, 0.05) is 36.7 Å². The minimum atomic E-state index is -0.592. The number of nitrogens with zero attached hydrogens (tertiary/aromatic N) is 5. The molecule has 0 atom stereocenters. The minimum Gasteiger partial charge on any atom is -0.444 e. The van der Waals surface area contributed by atoms with E-state index in [-0.39, 0.29) is 12.5 Å². The number of aromatic nitrogens is 3. The lowest BCUT2D eigenvalue weighted by Crippen LogP contribution is -2.53. The smallest absolute Gasteiger partial charge is 0.410 e. The molecule has 9 heteroatoms. The van der Waals surface area contributed by atoms with E-state index >= 15 is 0 Å². The number of rotatable bonds is 2. The molecule has 0 bridgehead atoms. The molecule has 2 aromatic heterocycles. The van der Waals surface area contributed by atoms with Crippen molar-refractivity contribution in [2.24, 2.45) is 0 Å². The Morgan fingerprint density at radius 1 is 1.07 bits per heavy atom. The Labute approximate surface area is 179 Å². The average molecular weight is 428 g/mol. The molecule has 156 valence electrons. The fraction of sp³-hybridized carbons (Fsp3) is 0.333. The first-order chi connectivity index (χ1) is 14.2. The summed E-state index contributed by atoms with van der Waals surface area (Å²) in [5.74, 6) is -0.145. The first kappa shape index (κ1) is 20.2. The van der Waals surface area contributed by atoms with E-state index in [9.17, 15) is 9.59 Å². The van der Waals surface area contributed by atoms with Crippen LogP contribution in [-0.2, 0) is 9.53 Å². The van der Waals surface area contributed by atoms with Crippen LogP contribution in [0.15, 0.2) is 42.6 Å². The first-order valence-electron chi connectivity index (χ1n) is 9.60. The molecular weight excluding hydrogens is 406 g/mol. The van der Waals surface area contributed by atoms with Crippen molar-refractivity contribution in [2.75, 3.05) is 24.5 Å². The van der Waals surface area contributed by atoms with E-state index in [2.05, 4.69) is 10.2 Å². The quantitative estimate of drug-likeness (QED) is 0.623. The molecule has 1 aliphatic heterocycles. The Balaban J connectivity index is 1.49. The molecule has 0 saturated carbocycles. The molecule has 3 heterocycles. The van der Waals surface area contributed by atoms with Gasteiger partial charge in [-0.25, -0.2) is 4.79 Å². The van der Waals surface area contributed by atoms with Crippen LogP contribution in [0.3, 0.4) is 0 Å². The van der Waals surface area contributed by atoms with Gasteiger partial charge in [-0.05, 0) is 51.1 Å². The average Bonchev–Trinajstić information content (AvgIpc) is 3.10. The van der Waals surface area contributed by atoms with Crippen LogP contribution in [0.25, 0.3) is 16.7 Å². The third-order valence-electron chi connectivity index (χ3n) is 4.72. The largest absolute Gasteiger partial charge is 0.444 e. The summed E-state index contributed by atoms with van der Waals surface area (Å²) in [6.07, 6.45) is 1.43. The zero-order valence-electron chi connectivity index (χ0n) is 17.0. The molecule has 1 aromatic carbocycles. The van der Waals surface area contributed by atoms with Gasteiger partial charge in [-0.2, -0.15) is 0 Å². The predicted molar refractivity (Wildman–Crippen MR) is 114 cm³/mol. The number of carbonyl (C=O) groups is 2. The summed E-state index contributed by atoms with van der Waals surface area (Å²) in [6, 6.07) is 11.3. The van der Waals surface area contributed by atoms with Crippen LogP contribution in [0.4, 0.5) is 10.5 Å². The SMILES string of the molecule is CC(C)(C)OC(=O)N1CCN(c2ccc(-n3ccc4nnc(Cl)cc43)cc2)C(=O)C1. The lowest BCUT2D eigenvalue weighted by Gasteiger charge is -2.35. The number of hydrogen-bond donors (Lipinski definition) is 0. The highest BCUT2D eigenvalue weighted by atomic mass is 35.5. The second-order valence-electron chi connectivity index (χ2n) is 8.09. The monoisotopic (exact) mass is 427 g/mol. The van der Waals surface area contributed by atoms with Crippen LogP contribution < -0.4 is 4.90 Å². The topological polar surface area (TPSA) is 80.6 Å². The van der Waals surface area contributed by atoms with E-state index in [4.69, 9.17) is 16.3 Å². The second-order valence-corrected chi connectivity index (χ2v) is 8.47. The van der Waals surface area contributed by atoms with Gasteiger partial charge in [0.05, 0.1) is 5.52 Å². The molecule has 0 unspecified atom stereocenters. The Morgan fingerprint density at radius 3 is 2.43 bits per heavy atom. The van der Waals surface area contributed by atoms with E-state index in [1.54, 1.807) is 31.7 Å². The van der Waals surface area contributed by atoms with Crippen molar-refractivity contribution in [2.45, 2.75) is 26.4 Å². The number of ether oxygens (including phenoxy) is 1. The van der Waals surface area contributed by atoms with E-state index in [1.165, 1.54) is 4.90 Å². The van der Waals surface area contributed by atoms with E-state index in [0.29, 0.717) is 18.2 Å². The number of hydrogen-bond acceptors (Lipinski definition) is 5. The number of benzene rings is 1. The van der Waals surface area contributed by atoms with Crippen molar-refractivity contribution in [1.82, 2.24) is 19.7 Å². The Morgan fingerprint density at radius 2 is 1.77 bits per heavy atom. The predicted octanol–water partition coefficient (Wildman–Crippen LogP) is 3.66. The van der Waals surface area contributed by atoms with Crippen molar-refractivity contribution in [3.05, 3.63) is 47.7 Å². The summed E-state index contributed by atoms with van der Waals surface area (Å²) in [5.41, 5.74) is 2.70. The normalized spacial score (nSPS) is 15.0. The van der Waals surface area contributed by atoms with Gasteiger partial charge in [0.25, 0.3) is 0 Å². The molecule has 0 spiro atoms. The van der Waals surface area contributed by atoms with Gasteiger partial charge in [-0.3, -0.25) is 9.69 Å². The lowest BCUT2D eigenvalue weighted by molar-refractivity contribution is -0.121. The van der Waals surface area contributed by atoms with Crippen molar-refractivity contribution < 1.29 is 14.3 Å². The zero-order chi connectivity index (χ0) is 21.5. The van der Waals surface area contributed by atoms with Gasteiger partial charge in [0.15, 0.2) is 5.15 Å². The van der Waals surface area contributed by atoms with Crippen LogP contribution in [0.1, 0.15) is 20.8 Å². The van der Waals surface area contributed by atoms with Crippen molar-refractivity contribution >= 4 is 40.3 Å². The number of carbonyl (C=O) groups excluding carboxylic acids is 2. The highest BCUT2D eigenvalue weighted by Crippen LogP contribution is 2.24. The number of piperazine rings is 1. The maximum absolute atomic E-state index is 12.6. The van der Waals surface area contributed by atoms with Crippen LogP contribution in [-0.4, -0.2) is 56.9 Å². The Kier molecular flexibility index (Phi) is 5.11. The fourth-order valence-electron chi connectivity index (χ4n) is 3.35. The van der Waals surface area contributed by atoms with E-state index < -0.39 is 11.7 Å². The van der Waals surface area contributed by atoms with E-state index in [0.717, 1.165) is 22.4 Å². The maximum atomic E-state index is 12.6. The standard InChI is InChI=1S/C21H22ClN5O3/c1-21(2,3)30-20(29)25-10-11-27(19(28)13-25)15-6-4-14(5-7-15)26-9-8-16-17(26)12-18(22)24-23-16/h4-9,12H,10-11,13H2,1-3H3. The van der Waals surface area contributed by atoms with Crippen LogP contribution in [0.2, 0.25) is 5.15 Å². The Bertz CT molecular complexity index is 1100. The molecule has 1 saturated heterocycles. The molecule has 0 radical (unpaired) electrons. The van der Waals surface area contributed by atoms with E-state index in [1.807, 2.05) is 41.1 Å². The summed E-state index contributed by atoms with van der Waals surface area (Å²) >= 11 is 5.98. The van der Waals surface area contributed by atoms with Gasteiger partial charge >= 0.3 is 6.09 Å².